The van der Waals surface area contributed by atoms with Crippen LogP contribution in [0.2, 0.25) is 0 Å². The lowest BCUT2D eigenvalue weighted by Gasteiger charge is -2.18. The van der Waals surface area contributed by atoms with E-state index in [1.807, 2.05) is 24.7 Å². The normalized spacial score (nSPS) is 9.80. The van der Waals surface area contributed by atoms with E-state index in [9.17, 15) is 4.79 Å². The fourth-order valence-electron chi connectivity index (χ4n) is 1.63. The van der Waals surface area contributed by atoms with E-state index in [4.69, 9.17) is 10.5 Å². The molecule has 0 spiro atoms. The predicted octanol–water partition coefficient (Wildman–Crippen LogP) is 1.30. The summed E-state index contributed by atoms with van der Waals surface area (Å²) in [6, 6.07) is 3.57. The Morgan fingerprint density at radius 1 is 1.40 bits per heavy atom. The van der Waals surface area contributed by atoms with Gasteiger partial charge < -0.3 is 15.4 Å². The summed E-state index contributed by atoms with van der Waals surface area (Å²) in [5.41, 5.74) is 8.23. The minimum absolute atomic E-state index is 0.297. The molecule has 0 saturated heterocycles. The van der Waals surface area contributed by atoms with E-state index < -0.39 is 0 Å². The molecular weight excluding hydrogens is 279 g/mol. The number of anilines is 2. The van der Waals surface area contributed by atoms with Gasteiger partial charge in [-0.1, -0.05) is 6.66 Å². The molecule has 1 atom stereocenters. The van der Waals surface area contributed by atoms with Gasteiger partial charge in [0.15, 0.2) is 11.0 Å². The van der Waals surface area contributed by atoms with Crippen LogP contribution in [0.3, 0.4) is 0 Å². The summed E-state index contributed by atoms with van der Waals surface area (Å²) in [5, 5.41) is 7.57. The number of fused-ring (bicyclic) bond motifs is 1. The fourth-order valence-corrected chi connectivity index (χ4v) is 1.63. The summed E-state index contributed by atoms with van der Waals surface area (Å²) in [5.74, 6) is -0.297. The molecule has 20 heavy (non-hydrogen) atoms. The maximum atomic E-state index is 10.7. The Bertz CT molecular complexity index is 573. The summed E-state index contributed by atoms with van der Waals surface area (Å²) < 4.78 is 9.57. The van der Waals surface area contributed by atoms with Crippen molar-refractivity contribution >= 4 is 37.6 Å². The van der Waals surface area contributed by atoms with Crippen molar-refractivity contribution in [2.24, 2.45) is 0 Å². The van der Waals surface area contributed by atoms with Gasteiger partial charge in [0.25, 0.3) is 0 Å². The SMILES string of the molecule is CC(=O)OCCN(C)c1ccc(N)c2nonc12.CP. The highest BCUT2D eigenvalue weighted by Crippen LogP contribution is 2.27. The van der Waals surface area contributed by atoms with Crippen LogP contribution >= 0.6 is 9.24 Å². The highest BCUT2D eigenvalue weighted by molar-refractivity contribution is 7.15. The van der Waals surface area contributed by atoms with Crippen molar-refractivity contribution in [2.75, 3.05) is 37.5 Å². The van der Waals surface area contributed by atoms with Gasteiger partial charge in [-0.3, -0.25) is 4.79 Å². The Balaban J connectivity index is 0.000000956. The number of rotatable bonds is 4. The minimum Gasteiger partial charge on any atom is -0.464 e. The molecule has 0 bridgehead atoms. The van der Waals surface area contributed by atoms with E-state index in [2.05, 4.69) is 24.2 Å². The third-order valence-corrected chi connectivity index (χ3v) is 2.57. The zero-order chi connectivity index (χ0) is 15.1. The molecule has 0 aliphatic rings. The molecule has 0 aliphatic heterocycles. The second-order valence-electron chi connectivity index (χ2n) is 3.90. The van der Waals surface area contributed by atoms with Crippen LogP contribution in [0.4, 0.5) is 11.4 Å². The first-order valence-electron chi connectivity index (χ1n) is 6.02. The number of nitrogens with zero attached hydrogens (tertiary/aromatic N) is 3. The number of nitrogens with two attached hydrogens (primary N) is 1. The molecule has 2 rings (SSSR count). The molecule has 0 amide bonds. The van der Waals surface area contributed by atoms with E-state index in [-0.39, 0.29) is 5.97 Å². The van der Waals surface area contributed by atoms with Crippen LogP contribution in [-0.2, 0) is 9.53 Å². The average molecular weight is 298 g/mol. The summed E-state index contributed by atoms with van der Waals surface area (Å²) in [7, 11) is 4.28. The summed E-state index contributed by atoms with van der Waals surface area (Å²) >= 11 is 0. The number of carbonyl (C=O) groups is 1. The van der Waals surface area contributed by atoms with Crippen molar-refractivity contribution < 1.29 is 14.2 Å². The van der Waals surface area contributed by atoms with Gasteiger partial charge in [-0.15, -0.1) is 9.24 Å². The topological polar surface area (TPSA) is 94.5 Å². The lowest BCUT2D eigenvalue weighted by atomic mass is 10.2. The first-order valence-corrected chi connectivity index (χ1v) is 7.18. The second kappa shape index (κ2) is 7.65. The van der Waals surface area contributed by atoms with E-state index in [1.54, 1.807) is 6.07 Å². The third-order valence-electron chi connectivity index (χ3n) is 2.57. The van der Waals surface area contributed by atoms with Crippen molar-refractivity contribution in [3.05, 3.63) is 12.1 Å². The number of hydrogen-bond acceptors (Lipinski definition) is 7. The minimum atomic E-state index is -0.297. The molecule has 1 heterocycles. The molecule has 0 radical (unpaired) electrons. The standard InChI is InChI=1S/C11H14N4O3.CH5P/c1-7(16)17-6-5-15(2)9-4-3-8(12)10-11(9)14-18-13-10;1-2/h3-4H,5-6,12H2,1-2H3;2H2,1H3. The molecule has 0 saturated carbocycles. The molecule has 110 valence electrons. The monoisotopic (exact) mass is 298 g/mol. The van der Waals surface area contributed by atoms with E-state index in [0.29, 0.717) is 29.9 Å². The van der Waals surface area contributed by atoms with Crippen LogP contribution in [-0.4, -0.2) is 43.1 Å². The molecule has 0 fully saturated rings. The molecular formula is C12H19N4O3P. The molecule has 7 nitrogen and oxygen atoms in total. The lowest BCUT2D eigenvalue weighted by Crippen LogP contribution is -2.23. The maximum absolute atomic E-state index is 10.7. The quantitative estimate of drug-likeness (QED) is 0.516. The number of aromatic nitrogens is 2. The fraction of sp³-hybridized carbons (Fsp3) is 0.417. The van der Waals surface area contributed by atoms with Crippen LogP contribution in [0.15, 0.2) is 16.8 Å². The Labute approximate surface area is 119 Å². The number of carbonyl (C=O) groups excluding carboxylic acids is 1. The first-order chi connectivity index (χ1) is 9.59. The molecule has 8 heteroatoms. The molecule has 1 aromatic carbocycles. The Morgan fingerprint density at radius 2 is 2.05 bits per heavy atom. The number of likely N-dealkylation sites (N-methyl/N-ethyl adjacent to an activating group) is 1. The number of esters is 1. The Kier molecular flexibility index (Phi) is 6.18. The van der Waals surface area contributed by atoms with E-state index >= 15 is 0 Å². The third kappa shape index (κ3) is 3.81. The Hall–Kier alpha value is -1.88. The number of benzene rings is 1. The van der Waals surface area contributed by atoms with Crippen LogP contribution in [0.5, 0.6) is 0 Å². The predicted molar refractivity (Wildman–Crippen MR) is 81.8 cm³/mol. The molecule has 2 N–H and O–H groups in total. The van der Waals surface area contributed by atoms with Gasteiger partial charge in [-0.25, -0.2) is 4.63 Å². The summed E-state index contributed by atoms with van der Waals surface area (Å²) in [4.78, 5) is 12.6. The van der Waals surface area contributed by atoms with Gasteiger partial charge >= 0.3 is 5.97 Å². The molecule has 1 unspecified atom stereocenters. The molecule has 1 aromatic heterocycles. The smallest absolute Gasteiger partial charge is 0.302 e. The van der Waals surface area contributed by atoms with Crippen LogP contribution in [0.1, 0.15) is 6.92 Å². The zero-order valence-corrected chi connectivity index (χ0v) is 12.9. The van der Waals surface area contributed by atoms with E-state index in [0.717, 1.165) is 5.69 Å². The van der Waals surface area contributed by atoms with Gasteiger partial charge in [0.1, 0.15) is 6.61 Å². The highest BCUT2D eigenvalue weighted by Gasteiger charge is 2.13. The second-order valence-corrected chi connectivity index (χ2v) is 3.90. The van der Waals surface area contributed by atoms with Crippen LogP contribution in [0, 0.1) is 0 Å². The number of ether oxygens (including phenoxy) is 1. The molecule has 0 aliphatic carbocycles. The van der Waals surface area contributed by atoms with Crippen molar-refractivity contribution in [3.63, 3.8) is 0 Å². The maximum Gasteiger partial charge on any atom is 0.302 e. The zero-order valence-electron chi connectivity index (χ0n) is 11.8. The molecule has 2 aromatic rings. The number of hydrogen-bond donors (Lipinski definition) is 1. The summed E-state index contributed by atoms with van der Waals surface area (Å²) in [6.07, 6.45) is 0. The Morgan fingerprint density at radius 3 is 2.70 bits per heavy atom. The van der Waals surface area contributed by atoms with Gasteiger partial charge in [0, 0.05) is 14.0 Å². The summed E-state index contributed by atoms with van der Waals surface area (Å²) in [6.45, 7) is 4.15. The van der Waals surface area contributed by atoms with Gasteiger partial charge in [-0.2, -0.15) is 0 Å². The average Bonchev–Trinajstić information content (AvgIpc) is 2.91. The lowest BCUT2D eigenvalue weighted by molar-refractivity contribution is -0.140. The van der Waals surface area contributed by atoms with Crippen molar-refractivity contribution in [3.8, 4) is 0 Å². The van der Waals surface area contributed by atoms with Crippen molar-refractivity contribution in [2.45, 2.75) is 6.92 Å². The van der Waals surface area contributed by atoms with E-state index in [1.165, 1.54) is 6.92 Å². The first kappa shape index (κ1) is 16.2. The van der Waals surface area contributed by atoms with Crippen molar-refractivity contribution in [1.29, 1.82) is 0 Å². The van der Waals surface area contributed by atoms with Gasteiger partial charge in [0.2, 0.25) is 0 Å². The van der Waals surface area contributed by atoms with Gasteiger partial charge in [0.05, 0.1) is 17.9 Å². The van der Waals surface area contributed by atoms with Gasteiger partial charge in [-0.05, 0) is 22.4 Å². The van der Waals surface area contributed by atoms with Crippen LogP contribution < -0.4 is 10.6 Å². The largest absolute Gasteiger partial charge is 0.464 e. The van der Waals surface area contributed by atoms with Crippen molar-refractivity contribution in [1.82, 2.24) is 10.3 Å². The number of nitrogen functional groups attached to an aromatic ring is 1. The highest BCUT2D eigenvalue weighted by atomic mass is 31.0. The van der Waals surface area contributed by atoms with Crippen LogP contribution in [0.25, 0.3) is 11.0 Å².